The van der Waals surface area contributed by atoms with E-state index in [0.29, 0.717) is 0 Å². The number of halogens is 1. The van der Waals surface area contributed by atoms with Gasteiger partial charge in [-0.1, -0.05) is 30.3 Å². The number of rotatable bonds is 4. The summed E-state index contributed by atoms with van der Waals surface area (Å²) in [5, 5.41) is 1.77. The molecule has 0 aliphatic carbocycles. The van der Waals surface area contributed by atoms with E-state index < -0.39 is 22.0 Å². The van der Waals surface area contributed by atoms with Crippen LogP contribution in [0, 0.1) is 0 Å². The zero-order chi connectivity index (χ0) is 14.0. The van der Waals surface area contributed by atoms with Crippen LogP contribution in [0.3, 0.4) is 0 Å². The Morgan fingerprint density at radius 3 is 2.35 bits per heavy atom. The molecule has 5 nitrogen and oxygen atoms in total. The standard InChI is InChI=1S/C13H14N2O3S.ClH/c1-9(13(14)16)15-19(17,18)12-7-6-10-4-2-3-5-11(10)8-12;/h2-9,15H,1H3,(H2,14,16);1H. The second-order valence-corrected chi connectivity index (χ2v) is 5.97. The van der Waals surface area contributed by atoms with Gasteiger partial charge < -0.3 is 5.73 Å². The number of hydrogen-bond acceptors (Lipinski definition) is 3. The molecule has 7 heteroatoms. The summed E-state index contributed by atoms with van der Waals surface area (Å²) in [5.74, 6) is -0.718. The molecule has 1 atom stereocenters. The SMILES string of the molecule is CC(NS(=O)(=O)c1ccc2ccccc2c1)C(N)=O.Cl. The minimum Gasteiger partial charge on any atom is -0.368 e. The van der Waals surface area contributed by atoms with E-state index in [9.17, 15) is 13.2 Å². The highest BCUT2D eigenvalue weighted by molar-refractivity contribution is 7.89. The molecule has 2 aromatic carbocycles. The molecule has 0 radical (unpaired) electrons. The zero-order valence-corrected chi connectivity index (χ0v) is 12.4. The van der Waals surface area contributed by atoms with Gasteiger partial charge in [-0.05, 0) is 29.8 Å². The highest BCUT2D eigenvalue weighted by Gasteiger charge is 2.20. The van der Waals surface area contributed by atoms with Crippen molar-refractivity contribution in [1.82, 2.24) is 4.72 Å². The van der Waals surface area contributed by atoms with E-state index in [4.69, 9.17) is 5.73 Å². The molecule has 0 spiro atoms. The summed E-state index contributed by atoms with van der Waals surface area (Å²) in [5.41, 5.74) is 5.05. The van der Waals surface area contributed by atoms with E-state index in [1.807, 2.05) is 24.3 Å². The Hall–Kier alpha value is -1.63. The second-order valence-electron chi connectivity index (χ2n) is 4.25. The number of benzene rings is 2. The molecular weight excluding hydrogens is 300 g/mol. The van der Waals surface area contributed by atoms with Crippen molar-refractivity contribution in [3.8, 4) is 0 Å². The molecule has 1 amide bonds. The van der Waals surface area contributed by atoms with Crippen LogP contribution in [-0.2, 0) is 14.8 Å². The summed E-state index contributed by atoms with van der Waals surface area (Å²) in [7, 11) is -3.75. The van der Waals surface area contributed by atoms with E-state index >= 15 is 0 Å². The lowest BCUT2D eigenvalue weighted by atomic mass is 10.1. The lowest BCUT2D eigenvalue weighted by Gasteiger charge is -2.11. The maximum atomic E-state index is 12.1. The van der Waals surface area contributed by atoms with Crippen molar-refractivity contribution in [2.75, 3.05) is 0 Å². The zero-order valence-electron chi connectivity index (χ0n) is 10.7. The number of hydrogen-bond donors (Lipinski definition) is 2. The lowest BCUT2D eigenvalue weighted by Crippen LogP contribution is -2.42. The summed E-state index contributed by atoms with van der Waals surface area (Å²) < 4.78 is 26.4. The van der Waals surface area contributed by atoms with Crippen molar-refractivity contribution < 1.29 is 13.2 Å². The third-order valence-electron chi connectivity index (χ3n) is 2.79. The van der Waals surface area contributed by atoms with Crippen molar-refractivity contribution in [3.05, 3.63) is 42.5 Å². The normalized spacial score (nSPS) is 12.7. The molecule has 2 aromatic rings. The number of carbonyl (C=O) groups is 1. The van der Waals surface area contributed by atoms with Gasteiger partial charge in [0.05, 0.1) is 10.9 Å². The molecule has 3 N–H and O–H groups in total. The first kappa shape index (κ1) is 16.4. The number of carbonyl (C=O) groups excluding carboxylic acids is 1. The fourth-order valence-electron chi connectivity index (χ4n) is 1.69. The lowest BCUT2D eigenvalue weighted by molar-refractivity contribution is -0.119. The average molecular weight is 315 g/mol. The van der Waals surface area contributed by atoms with Crippen LogP contribution in [0.25, 0.3) is 10.8 Å². The first-order chi connectivity index (χ1) is 8.90. The van der Waals surface area contributed by atoms with Gasteiger partial charge in [-0.3, -0.25) is 4.79 Å². The Kier molecular flexibility index (Phi) is 5.10. The first-order valence-corrected chi connectivity index (χ1v) is 7.19. The molecule has 0 saturated heterocycles. The molecule has 0 aromatic heterocycles. The molecule has 2 rings (SSSR count). The molecule has 108 valence electrons. The molecule has 1 unspecified atom stereocenters. The van der Waals surface area contributed by atoms with E-state index in [0.717, 1.165) is 10.8 Å². The Bertz CT molecular complexity index is 731. The topological polar surface area (TPSA) is 89.3 Å². The Balaban J connectivity index is 0.00000200. The highest BCUT2D eigenvalue weighted by Crippen LogP contribution is 2.18. The fraction of sp³-hybridized carbons (Fsp3) is 0.154. The second kappa shape index (κ2) is 6.21. The van der Waals surface area contributed by atoms with Gasteiger partial charge in [0, 0.05) is 0 Å². The van der Waals surface area contributed by atoms with E-state index in [1.54, 1.807) is 12.1 Å². The minimum atomic E-state index is -3.75. The summed E-state index contributed by atoms with van der Waals surface area (Å²) in [6.07, 6.45) is 0. The van der Waals surface area contributed by atoms with Gasteiger partial charge in [0.25, 0.3) is 0 Å². The smallest absolute Gasteiger partial charge is 0.241 e. The number of fused-ring (bicyclic) bond motifs is 1. The van der Waals surface area contributed by atoms with Gasteiger partial charge >= 0.3 is 0 Å². The van der Waals surface area contributed by atoms with Crippen LogP contribution >= 0.6 is 12.4 Å². The molecule has 0 aliphatic rings. The Morgan fingerprint density at radius 2 is 1.75 bits per heavy atom. The monoisotopic (exact) mass is 314 g/mol. The summed E-state index contributed by atoms with van der Waals surface area (Å²) in [6, 6.07) is 11.3. The minimum absolute atomic E-state index is 0. The molecule has 20 heavy (non-hydrogen) atoms. The molecule has 0 fully saturated rings. The van der Waals surface area contributed by atoms with Gasteiger partial charge in [0.15, 0.2) is 0 Å². The van der Waals surface area contributed by atoms with Crippen LogP contribution in [0.4, 0.5) is 0 Å². The van der Waals surface area contributed by atoms with Crippen molar-refractivity contribution in [2.24, 2.45) is 5.73 Å². The summed E-state index contributed by atoms with van der Waals surface area (Å²) in [6.45, 7) is 1.40. The first-order valence-electron chi connectivity index (χ1n) is 5.70. The van der Waals surface area contributed by atoms with E-state index in [-0.39, 0.29) is 17.3 Å². The molecular formula is C13H15ClN2O3S. The maximum absolute atomic E-state index is 12.1. The van der Waals surface area contributed by atoms with Gasteiger partial charge in [0.1, 0.15) is 0 Å². The van der Waals surface area contributed by atoms with Gasteiger partial charge in [-0.2, -0.15) is 4.72 Å². The van der Waals surface area contributed by atoms with Crippen molar-refractivity contribution in [1.29, 1.82) is 0 Å². The van der Waals surface area contributed by atoms with E-state index in [1.165, 1.54) is 13.0 Å². The van der Waals surface area contributed by atoms with Crippen LogP contribution in [0.2, 0.25) is 0 Å². The maximum Gasteiger partial charge on any atom is 0.241 e. The average Bonchev–Trinajstić information content (AvgIpc) is 2.37. The van der Waals surface area contributed by atoms with Crippen molar-refractivity contribution in [2.45, 2.75) is 17.9 Å². The third-order valence-corrected chi connectivity index (χ3v) is 4.33. The Labute approximate surface area is 123 Å². The van der Waals surface area contributed by atoms with E-state index in [2.05, 4.69) is 4.72 Å². The van der Waals surface area contributed by atoms with Crippen LogP contribution in [0.1, 0.15) is 6.92 Å². The van der Waals surface area contributed by atoms with Gasteiger partial charge in [0.2, 0.25) is 15.9 Å². The fourth-order valence-corrected chi connectivity index (χ4v) is 2.94. The van der Waals surface area contributed by atoms with Crippen LogP contribution in [-0.4, -0.2) is 20.4 Å². The van der Waals surface area contributed by atoms with Gasteiger partial charge in [-0.15, -0.1) is 12.4 Å². The van der Waals surface area contributed by atoms with Crippen LogP contribution in [0.15, 0.2) is 47.4 Å². The largest absolute Gasteiger partial charge is 0.368 e. The van der Waals surface area contributed by atoms with Crippen LogP contribution < -0.4 is 10.5 Å². The molecule has 0 heterocycles. The highest BCUT2D eigenvalue weighted by atomic mass is 35.5. The molecule has 0 aliphatic heterocycles. The third kappa shape index (κ3) is 3.47. The predicted octanol–water partition coefficient (Wildman–Crippen LogP) is 1.41. The predicted molar refractivity (Wildman–Crippen MR) is 80.2 cm³/mol. The molecule has 0 saturated carbocycles. The van der Waals surface area contributed by atoms with Crippen molar-refractivity contribution >= 4 is 39.1 Å². The summed E-state index contributed by atoms with van der Waals surface area (Å²) in [4.78, 5) is 11.0. The van der Waals surface area contributed by atoms with Crippen LogP contribution in [0.5, 0.6) is 0 Å². The number of nitrogens with one attached hydrogen (secondary N) is 1. The number of nitrogens with two attached hydrogens (primary N) is 1. The quantitative estimate of drug-likeness (QED) is 0.894. The number of amides is 1. The van der Waals surface area contributed by atoms with Crippen molar-refractivity contribution in [3.63, 3.8) is 0 Å². The van der Waals surface area contributed by atoms with Gasteiger partial charge in [-0.25, -0.2) is 8.42 Å². The summed E-state index contributed by atoms with van der Waals surface area (Å²) >= 11 is 0. The number of sulfonamides is 1. The number of primary amides is 1. The molecule has 0 bridgehead atoms. The Morgan fingerprint density at radius 1 is 1.15 bits per heavy atom.